The fourth-order valence-corrected chi connectivity index (χ4v) is 3.91. The zero-order valence-electron chi connectivity index (χ0n) is 19.5. The van der Waals surface area contributed by atoms with Crippen molar-refractivity contribution in [3.05, 3.63) is 65.0 Å². The Hall–Kier alpha value is -3.75. The van der Waals surface area contributed by atoms with Gasteiger partial charge in [0.2, 0.25) is 11.8 Å². The van der Waals surface area contributed by atoms with Crippen molar-refractivity contribution in [2.24, 2.45) is 0 Å². The molecule has 0 bridgehead atoms. The highest BCUT2D eigenvalue weighted by Gasteiger charge is 2.52. The first kappa shape index (κ1) is 24.9. The van der Waals surface area contributed by atoms with Crippen molar-refractivity contribution in [3.63, 3.8) is 0 Å². The number of hydrogen-bond donors (Lipinski definition) is 3. The number of nitrogens with one attached hydrogen (secondary N) is 3. The molecule has 0 aliphatic carbocycles. The Balaban J connectivity index is 1.65. The Morgan fingerprint density at radius 1 is 1.06 bits per heavy atom. The van der Waals surface area contributed by atoms with E-state index < -0.39 is 41.7 Å². The molecule has 9 heteroatoms. The van der Waals surface area contributed by atoms with Crippen LogP contribution in [0.15, 0.2) is 42.5 Å². The predicted octanol–water partition coefficient (Wildman–Crippen LogP) is 3.13. The van der Waals surface area contributed by atoms with Gasteiger partial charge in [-0.2, -0.15) is 0 Å². The van der Waals surface area contributed by atoms with Crippen LogP contribution in [0.4, 0.5) is 14.9 Å². The first-order chi connectivity index (χ1) is 16.2. The van der Waals surface area contributed by atoms with Crippen molar-refractivity contribution in [1.82, 2.24) is 15.5 Å². The number of unbranched alkanes of at least 4 members (excludes halogenated alkanes) is 1. The number of halogens is 1. The fraction of sp³-hybridized carbons (Fsp3) is 0.360. The van der Waals surface area contributed by atoms with Gasteiger partial charge in [0.25, 0.3) is 5.91 Å². The van der Waals surface area contributed by atoms with Gasteiger partial charge in [-0.3, -0.25) is 19.3 Å². The second-order valence-corrected chi connectivity index (χ2v) is 8.41. The van der Waals surface area contributed by atoms with Crippen molar-refractivity contribution >= 4 is 29.4 Å². The molecule has 0 radical (unpaired) electrons. The molecule has 1 atom stereocenters. The van der Waals surface area contributed by atoms with Crippen molar-refractivity contribution in [2.45, 2.75) is 45.6 Å². The Morgan fingerprint density at radius 2 is 1.76 bits per heavy atom. The molecule has 1 unspecified atom stereocenters. The highest BCUT2D eigenvalue weighted by molar-refractivity contribution is 6.09. The monoisotopic (exact) mass is 468 g/mol. The average molecular weight is 469 g/mol. The van der Waals surface area contributed by atoms with Crippen LogP contribution in [0.25, 0.3) is 0 Å². The zero-order valence-corrected chi connectivity index (χ0v) is 19.5. The number of anilines is 1. The summed E-state index contributed by atoms with van der Waals surface area (Å²) < 4.78 is 13.4. The molecule has 3 rings (SSSR count). The van der Waals surface area contributed by atoms with Crippen LogP contribution in [0.1, 0.15) is 42.9 Å². The molecular weight excluding hydrogens is 439 g/mol. The lowest BCUT2D eigenvalue weighted by molar-refractivity contribution is -0.135. The molecule has 1 aliphatic heterocycles. The van der Waals surface area contributed by atoms with Gasteiger partial charge in [-0.25, -0.2) is 9.18 Å². The van der Waals surface area contributed by atoms with Gasteiger partial charge in [0, 0.05) is 5.69 Å². The SMILES string of the molecule is CCCCC1(c2ccc(F)cc2)NC(=O)N(CC(=O)NCC(=O)Nc2cccc(C)c2C)C1=O. The number of rotatable bonds is 9. The number of carbonyl (C=O) groups excluding carboxylic acids is 4. The van der Waals surface area contributed by atoms with Crippen LogP contribution < -0.4 is 16.0 Å². The summed E-state index contributed by atoms with van der Waals surface area (Å²) in [5.74, 6) is -2.11. The molecule has 8 nitrogen and oxygen atoms in total. The van der Waals surface area contributed by atoms with E-state index in [4.69, 9.17) is 0 Å². The Morgan fingerprint density at radius 3 is 2.44 bits per heavy atom. The Labute approximate surface area is 197 Å². The van der Waals surface area contributed by atoms with Gasteiger partial charge in [0.15, 0.2) is 0 Å². The minimum absolute atomic E-state index is 0.311. The number of hydrogen-bond acceptors (Lipinski definition) is 4. The van der Waals surface area contributed by atoms with Crippen LogP contribution >= 0.6 is 0 Å². The lowest BCUT2D eigenvalue weighted by Crippen LogP contribution is -2.46. The lowest BCUT2D eigenvalue weighted by Gasteiger charge is -2.27. The molecule has 1 heterocycles. The van der Waals surface area contributed by atoms with Gasteiger partial charge < -0.3 is 16.0 Å². The van der Waals surface area contributed by atoms with E-state index in [1.54, 1.807) is 6.07 Å². The van der Waals surface area contributed by atoms with E-state index in [0.717, 1.165) is 22.4 Å². The average Bonchev–Trinajstić information content (AvgIpc) is 3.05. The Bertz CT molecular complexity index is 1100. The molecule has 180 valence electrons. The maximum atomic E-state index is 13.4. The van der Waals surface area contributed by atoms with E-state index in [2.05, 4.69) is 16.0 Å². The molecule has 0 saturated carbocycles. The predicted molar refractivity (Wildman–Crippen MR) is 125 cm³/mol. The third-order valence-corrected chi connectivity index (χ3v) is 6.04. The third-order valence-electron chi connectivity index (χ3n) is 6.04. The summed E-state index contributed by atoms with van der Waals surface area (Å²) in [6.45, 7) is 4.92. The molecule has 34 heavy (non-hydrogen) atoms. The summed E-state index contributed by atoms with van der Waals surface area (Å²) in [4.78, 5) is 51.5. The molecule has 0 spiro atoms. The van der Waals surface area contributed by atoms with Gasteiger partial charge in [0.05, 0.1) is 6.54 Å². The molecule has 0 aromatic heterocycles. The number of amides is 5. The molecule has 1 fully saturated rings. The quantitative estimate of drug-likeness (QED) is 0.492. The summed E-state index contributed by atoms with van der Waals surface area (Å²) in [6, 6.07) is 10.2. The van der Waals surface area contributed by atoms with Crippen LogP contribution in [-0.2, 0) is 19.9 Å². The summed E-state index contributed by atoms with van der Waals surface area (Å²) in [7, 11) is 0. The third kappa shape index (κ3) is 5.24. The summed E-state index contributed by atoms with van der Waals surface area (Å²) in [5, 5.41) is 7.89. The molecular formula is C25H29FN4O4. The number of carbonyl (C=O) groups is 4. The highest BCUT2D eigenvalue weighted by atomic mass is 19.1. The van der Waals surface area contributed by atoms with Gasteiger partial charge in [-0.05, 0) is 55.2 Å². The fourth-order valence-electron chi connectivity index (χ4n) is 3.91. The van der Waals surface area contributed by atoms with Crippen LogP contribution in [0.2, 0.25) is 0 Å². The first-order valence-corrected chi connectivity index (χ1v) is 11.2. The van der Waals surface area contributed by atoms with E-state index in [1.807, 2.05) is 32.9 Å². The van der Waals surface area contributed by atoms with Gasteiger partial charge >= 0.3 is 6.03 Å². The van der Waals surface area contributed by atoms with E-state index in [1.165, 1.54) is 24.3 Å². The minimum Gasteiger partial charge on any atom is -0.345 e. The zero-order chi connectivity index (χ0) is 24.9. The second-order valence-electron chi connectivity index (χ2n) is 8.41. The van der Waals surface area contributed by atoms with Crippen molar-refractivity contribution in [1.29, 1.82) is 0 Å². The lowest BCUT2D eigenvalue weighted by atomic mass is 9.85. The second kappa shape index (κ2) is 10.5. The van der Waals surface area contributed by atoms with E-state index in [0.29, 0.717) is 24.1 Å². The van der Waals surface area contributed by atoms with Crippen molar-refractivity contribution < 1.29 is 23.6 Å². The molecule has 5 amide bonds. The standard InChI is InChI=1S/C25H29FN4O4/c1-4-5-13-25(18-9-11-19(26)12-10-18)23(33)30(24(34)29-25)15-22(32)27-14-21(31)28-20-8-6-7-16(2)17(20)3/h6-12H,4-5,13-15H2,1-3H3,(H,27,32)(H,28,31)(H,29,34). The number of imide groups is 1. The molecule has 3 N–H and O–H groups in total. The number of nitrogens with zero attached hydrogens (tertiary/aromatic N) is 1. The maximum absolute atomic E-state index is 13.4. The Kier molecular flexibility index (Phi) is 7.65. The summed E-state index contributed by atoms with van der Waals surface area (Å²) in [6.07, 6.45) is 1.74. The van der Waals surface area contributed by atoms with Gasteiger partial charge in [-0.1, -0.05) is 44.0 Å². The topological polar surface area (TPSA) is 108 Å². The van der Waals surface area contributed by atoms with Crippen LogP contribution in [-0.4, -0.2) is 41.7 Å². The molecule has 2 aromatic carbocycles. The van der Waals surface area contributed by atoms with Crippen LogP contribution in [0, 0.1) is 19.7 Å². The molecule has 1 saturated heterocycles. The van der Waals surface area contributed by atoms with E-state index in [-0.39, 0.29) is 6.54 Å². The van der Waals surface area contributed by atoms with Crippen LogP contribution in [0.5, 0.6) is 0 Å². The number of benzene rings is 2. The van der Waals surface area contributed by atoms with Crippen molar-refractivity contribution in [2.75, 3.05) is 18.4 Å². The largest absolute Gasteiger partial charge is 0.345 e. The smallest absolute Gasteiger partial charge is 0.325 e. The van der Waals surface area contributed by atoms with Gasteiger partial charge in [-0.15, -0.1) is 0 Å². The summed E-state index contributed by atoms with van der Waals surface area (Å²) >= 11 is 0. The first-order valence-electron chi connectivity index (χ1n) is 11.2. The van der Waals surface area contributed by atoms with E-state index >= 15 is 0 Å². The maximum Gasteiger partial charge on any atom is 0.325 e. The minimum atomic E-state index is -1.36. The molecule has 1 aliphatic rings. The highest BCUT2D eigenvalue weighted by Crippen LogP contribution is 2.34. The summed E-state index contributed by atoms with van der Waals surface area (Å²) in [5.41, 5.74) is 1.69. The van der Waals surface area contributed by atoms with Crippen molar-refractivity contribution in [3.8, 4) is 0 Å². The number of aryl methyl sites for hydroxylation is 1. The normalized spacial score (nSPS) is 17.5. The van der Waals surface area contributed by atoms with E-state index in [9.17, 15) is 23.6 Å². The van der Waals surface area contributed by atoms with Gasteiger partial charge in [0.1, 0.15) is 17.9 Å². The van der Waals surface area contributed by atoms with Crippen LogP contribution in [0.3, 0.4) is 0 Å². The molecule has 2 aromatic rings. The number of urea groups is 1.